The Hall–Kier alpha value is -2.12. The number of benzene rings is 2. The minimum Gasteiger partial charge on any atom is -0.391 e. The normalized spacial score (nSPS) is 13.5. The smallest absolute Gasteiger partial charge is 0.129 e. The molecule has 1 atom stereocenters. The first-order valence-corrected chi connectivity index (χ1v) is 11.6. The molecule has 0 aliphatic rings. The Morgan fingerprint density at radius 1 is 0.958 bits per heavy atom. The van der Waals surface area contributed by atoms with E-state index in [4.69, 9.17) is 0 Å². The highest BCUT2D eigenvalue weighted by Crippen LogP contribution is 2.32. The Labute approximate surface area is 145 Å². The number of rotatable bonds is 4. The van der Waals surface area contributed by atoms with E-state index in [1.807, 2.05) is 60.7 Å². The van der Waals surface area contributed by atoms with Crippen LogP contribution in [0.2, 0.25) is 19.6 Å². The molecular weight excluding hydrogens is 312 g/mol. The molecular formula is C21H24O2Si. The Balaban J connectivity index is 2.61. The van der Waals surface area contributed by atoms with Crippen molar-refractivity contribution in [2.75, 3.05) is 6.61 Å². The summed E-state index contributed by atoms with van der Waals surface area (Å²) in [5.41, 5.74) is 6.22. The standard InChI is InChI=1S/C21H24O2Si/c1-24(2,3)15-14-19(16-22)20(17-10-6-4-7-11-17)21(23)18-12-8-5-9-13-18/h4-13,21-23H,16H2,1-3H3/b20-19-. The fourth-order valence-corrected chi connectivity index (χ4v) is 2.90. The van der Waals surface area contributed by atoms with Gasteiger partial charge >= 0.3 is 0 Å². The Morgan fingerprint density at radius 3 is 2.00 bits per heavy atom. The first-order valence-electron chi connectivity index (χ1n) is 8.08. The summed E-state index contributed by atoms with van der Waals surface area (Å²) in [5.74, 6) is 3.14. The maximum atomic E-state index is 10.9. The predicted molar refractivity (Wildman–Crippen MR) is 103 cm³/mol. The average molecular weight is 337 g/mol. The highest BCUT2D eigenvalue weighted by molar-refractivity contribution is 6.83. The van der Waals surface area contributed by atoms with Gasteiger partial charge in [-0.2, -0.15) is 0 Å². The van der Waals surface area contributed by atoms with Crippen LogP contribution in [0.1, 0.15) is 17.2 Å². The Bertz CT molecular complexity index is 747. The number of aliphatic hydroxyl groups excluding tert-OH is 2. The van der Waals surface area contributed by atoms with Gasteiger partial charge in [0.05, 0.1) is 6.61 Å². The van der Waals surface area contributed by atoms with E-state index in [0.717, 1.165) is 11.1 Å². The predicted octanol–water partition coefficient (Wildman–Crippen LogP) is 4.05. The van der Waals surface area contributed by atoms with Crippen molar-refractivity contribution >= 4 is 13.6 Å². The summed E-state index contributed by atoms with van der Waals surface area (Å²) in [6, 6.07) is 19.1. The summed E-state index contributed by atoms with van der Waals surface area (Å²) < 4.78 is 0. The van der Waals surface area contributed by atoms with E-state index in [-0.39, 0.29) is 6.61 Å². The van der Waals surface area contributed by atoms with Crippen molar-refractivity contribution in [2.24, 2.45) is 0 Å². The van der Waals surface area contributed by atoms with Gasteiger partial charge in [0.15, 0.2) is 0 Å². The second kappa shape index (κ2) is 8.12. The van der Waals surface area contributed by atoms with E-state index in [0.29, 0.717) is 11.1 Å². The van der Waals surface area contributed by atoms with Gasteiger partial charge in [0.25, 0.3) is 0 Å². The van der Waals surface area contributed by atoms with Gasteiger partial charge in [-0.15, -0.1) is 5.54 Å². The SMILES string of the molecule is C[Si](C)(C)C#C/C(CO)=C(\c1ccccc1)C(O)c1ccccc1. The quantitative estimate of drug-likeness (QED) is 0.653. The van der Waals surface area contributed by atoms with Gasteiger partial charge in [0, 0.05) is 11.1 Å². The summed E-state index contributed by atoms with van der Waals surface area (Å²) in [6.07, 6.45) is -0.827. The molecule has 2 N–H and O–H groups in total. The molecule has 0 saturated heterocycles. The van der Waals surface area contributed by atoms with Crippen molar-refractivity contribution < 1.29 is 10.2 Å². The zero-order chi connectivity index (χ0) is 17.6. The van der Waals surface area contributed by atoms with E-state index >= 15 is 0 Å². The second-order valence-electron chi connectivity index (χ2n) is 6.73. The Kier molecular flexibility index (Phi) is 6.16. The molecule has 124 valence electrons. The Morgan fingerprint density at radius 2 is 1.50 bits per heavy atom. The first kappa shape index (κ1) is 18.2. The van der Waals surface area contributed by atoms with E-state index in [9.17, 15) is 10.2 Å². The molecule has 0 fully saturated rings. The molecule has 1 unspecified atom stereocenters. The van der Waals surface area contributed by atoms with E-state index in [2.05, 4.69) is 31.1 Å². The van der Waals surface area contributed by atoms with Crippen molar-refractivity contribution in [1.82, 2.24) is 0 Å². The highest BCUT2D eigenvalue weighted by atomic mass is 28.3. The summed E-state index contributed by atoms with van der Waals surface area (Å²) >= 11 is 0. The molecule has 24 heavy (non-hydrogen) atoms. The van der Waals surface area contributed by atoms with Gasteiger partial charge in [-0.25, -0.2) is 0 Å². The van der Waals surface area contributed by atoms with E-state index in [1.54, 1.807) is 0 Å². The van der Waals surface area contributed by atoms with Crippen LogP contribution in [0, 0.1) is 11.5 Å². The van der Waals surface area contributed by atoms with Crippen LogP contribution in [0.15, 0.2) is 66.2 Å². The molecule has 3 heteroatoms. The number of aliphatic hydroxyl groups is 2. The monoisotopic (exact) mass is 336 g/mol. The van der Waals surface area contributed by atoms with Crippen LogP contribution in [0.25, 0.3) is 5.57 Å². The lowest BCUT2D eigenvalue weighted by Crippen LogP contribution is -2.17. The molecule has 0 amide bonds. The summed E-state index contributed by atoms with van der Waals surface area (Å²) in [7, 11) is -1.59. The zero-order valence-electron chi connectivity index (χ0n) is 14.5. The first-order chi connectivity index (χ1) is 11.4. The maximum absolute atomic E-state index is 10.9. The third kappa shape index (κ3) is 4.94. The van der Waals surface area contributed by atoms with Crippen LogP contribution in [-0.2, 0) is 0 Å². The van der Waals surface area contributed by atoms with Crippen LogP contribution < -0.4 is 0 Å². The zero-order valence-corrected chi connectivity index (χ0v) is 15.5. The maximum Gasteiger partial charge on any atom is 0.129 e. The van der Waals surface area contributed by atoms with Gasteiger partial charge in [0.2, 0.25) is 0 Å². The molecule has 0 heterocycles. The van der Waals surface area contributed by atoms with Gasteiger partial charge in [-0.3, -0.25) is 0 Å². The molecule has 2 rings (SSSR count). The molecule has 0 bridgehead atoms. The van der Waals surface area contributed by atoms with Crippen LogP contribution in [0.4, 0.5) is 0 Å². The highest BCUT2D eigenvalue weighted by Gasteiger charge is 2.19. The van der Waals surface area contributed by atoms with Crippen LogP contribution in [0.5, 0.6) is 0 Å². The molecule has 2 aromatic carbocycles. The lowest BCUT2D eigenvalue weighted by molar-refractivity contribution is 0.236. The van der Waals surface area contributed by atoms with E-state index in [1.165, 1.54) is 0 Å². The third-order valence-corrected chi connectivity index (χ3v) is 4.42. The topological polar surface area (TPSA) is 40.5 Å². The number of hydrogen-bond donors (Lipinski definition) is 2. The van der Waals surface area contributed by atoms with Crippen molar-refractivity contribution in [3.63, 3.8) is 0 Å². The summed E-state index contributed by atoms with van der Waals surface area (Å²) in [6.45, 7) is 6.28. The molecule has 2 nitrogen and oxygen atoms in total. The van der Waals surface area contributed by atoms with Gasteiger partial charge in [-0.05, 0) is 11.1 Å². The fraction of sp³-hybridized carbons (Fsp3) is 0.238. The summed E-state index contributed by atoms with van der Waals surface area (Å²) in [4.78, 5) is 0. The molecule has 2 aromatic rings. The molecule has 0 radical (unpaired) electrons. The van der Waals surface area contributed by atoms with Gasteiger partial charge in [-0.1, -0.05) is 86.2 Å². The second-order valence-corrected chi connectivity index (χ2v) is 11.5. The average Bonchev–Trinajstić information content (AvgIpc) is 2.59. The molecule has 0 aliphatic carbocycles. The minimum absolute atomic E-state index is 0.189. The van der Waals surface area contributed by atoms with Crippen molar-refractivity contribution in [3.8, 4) is 11.5 Å². The van der Waals surface area contributed by atoms with Crippen molar-refractivity contribution in [2.45, 2.75) is 25.7 Å². The summed E-state index contributed by atoms with van der Waals surface area (Å²) in [5, 5.41) is 20.8. The number of hydrogen-bond acceptors (Lipinski definition) is 2. The van der Waals surface area contributed by atoms with Crippen LogP contribution in [-0.4, -0.2) is 24.9 Å². The lowest BCUT2D eigenvalue weighted by Gasteiger charge is -2.18. The molecule has 0 spiro atoms. The fourth-order valence-electron chi connectivity index (χ4n) is 2.37. The van der Waals surface area contributed by atoms with Crippen molar-refractivity contribution in [1.29, 1.82) is 0 Å². The van der Waals surface area contributed by atoms with Crippen molar-refractivity contribution in [3.05, 3.63) is 77.4 Å². The third-order valence-electron chi connectivity index (χ3n) is 3.55. The lowest BCUT2D eigenvalue weighted by atomic mass is 9.91. The van der Waals surface area contributed by atoms with E-state index < -0.39 is 14.2 Å². The van der Waals surface area contributed by atoms with Crippen LogP contribution >= 0.6 is 0 Å². The molecule has 0 aromatic heterocycles. The molecule has 0 saturated carbocycles. The van der Waals surface area contributed by atoms with Gasteiger partial charge < -0.3 is 10.2 Å². The molecule has 0 aliphatic heterocycles. The minimum atomic E-state index is -1.59. The largest absolute Gasteiger partial charge is 0.391 e. The van der Waals surface area contributed by atoms with Gasteiger partial charge in [0.1, 0.15) is 14.2 Å². The van der Waals surface area contributed by atoms with Crippen LogP contribution in [0.3, 0.4) is 0 Å².